The zero-order valence-electron chi connectivity index (χ0n) is 18.2. The average molecular weight is 461 g/mol. The molecule has 170 valence electrons. The van der Waals surface area contributed by atoms with Gasteiger partial charge in [0.1, 0.15) is 11.6 Å². The van der Waals surface area contributed by atoms with Gasteiger partial charge in [0.25, 0.3) is 5.91 Å². The second-order valence-electron chi connectivity index (χ2n) is 7.76. The number of nitrogens with zero attached hydrogens (tertiary/aromatic N) is 3. The SMILES string of the molecule is CC(=N)C(N)CCOc1cc(F)ccc1C(=O)N1CC(N)=C(c2nc(C)c(Cl)c(C)n2)C1. The number of hydrogen-bond acceptors (Lipinski definition) is 7. The van der Waals surface area contributed by atoms with Gasteiger partial charge in [-0.3, -0.25) is 4.79 Å². The maximum absolute atomic E-state index is 13.8. The molecule has 0 fully saturated rings. The number of halogens is 2. The Morgan fingerprint density at radius 1 is 1.31 bits per heavy atom. The Morgan fingerprint density at radius 2 is 1.97 bits per heavy atom. The molecule has 1 unspecified atom stereocenters. The van der Waals surface area contributed by atoms with Gasteiger partial charge in [0, 0.05) is 35.5 Å². The minimum absolute atomic E-state index is 0.117. The third-order valence-corrected chi connectivity index (χ3v) is 5.80. The predicted octanol–water partition coefficient (Wildman–Crippen LogP) is 2.85. The van der Waals surface area contributed by atoms with Crippen molar-refractivity contribution >= 4 is 28.8 Å². The molecule has 1 atom stereocenters. The first-order chi connectivity index (χ1) is 15.1. The fraction of sp³-hybridized carbons (Fsp3) is 0.364. The summed E-state index contributed by atoms with van der Waals surface area (Å²) in [5, 5.41) is 8.04. The zero-order chi connectivity index (χ0) is 23.6. The number of nitrogens with one attached hydrogen (secondary N) is 1. The van der Waals surface area contributed by atoms with E-state index in [2.05, 4.69) is 9.97 Å². The molecule has 1 aromatic heterocycles. The molecule has 2 heterocycles. The maximum Gasteiger partial charge on any atom is 0.258 e. The molecule has 5 N–H and O–H groups in total. The summed E-state index contributed by atoms with van der Waals surface area (Å²) in [7, 11) is 0. The van der Waals surface area contributed by atoms with Crippen molar-refractivity contribution in [3.05, 3.63) is 57.5 Å². The molecule has 10 heteroatoms. The Morgan fingerprint density at radius 3 is 2.59 bits per heavy atom. The molecule has 8 nitrogen and oxygen atoms in total. The van der Waals surface area contributed by atoms with Crippen molar-refractivity contribution in [1.82, 2.24) is 14.9 Å². The van der Waals surface area contributed by atoms with Gasteiger partial charge in [-0.1, -0.05) is 11.6 Å². The molecule has 0 spiro atoms. The monoisotopic (exact) mass is 460 g/mol. The Labute approximate surface area is 190 Å². The molecular weight excluding hydrogens is 435 g/mol. The van der Waals surface area contributed by atoms with Crippen molar-refractivity contribution in [2.24, 2.45) is 11.5 Å². The number of amides is 1. The minimum atomic E-state index is -0.524. The third-order valence-electron chi connectivity index (χ3n) is 5.25. The van der Waals surface area contributed by atoms with Crippen molar-refractivity contribution in [3.63, 3.8) is 0 Å². The van der Waals surface area contributed by atoms with Crippen LogP contribution in [0.5, 0.6) is 5.75 Å². The molecule has 1 amide bonds. The van der Waals surface area contributed by atoms with Gasteiger partial charge in [-0.25, -0.2) is 14.4 Å². The van der Waals surface area contributed by atoms with Gasteiger partial charge in [0.2, 0.25) is 0 Å². The van der Waals surface area contributed by atoms with Gasteiger partial charge < -0.3 is 26.5 Å². The summed E-state index contributed by atoms with van der Waals surface area (Å²) in [6.45, 7) is 5.71. The summed E-state index contributed by atoms with van der Waals surface area (Å²) in [5.74, 6) is -0.327. The summed E-state index contributed by atoms with van der Waals surface area (Å²) < 4.78 is 19.5. The molecule has 1 aromatic carbocycles. The second-order valence-corrected chi connectivity index (χ2v) is 8.14. The van der Waals surface area contributed by atoms with Crippen molar-refractivity contribution in [2.45, 2.75) is 33.2 Å². The normalized spacial score (nSPS) is 14.6. The van der Waals surface area contributed by atoms with E-state index in [0.29, 0.717) is 45.6 Å². The van der Waals surface area contributed by atoms with Gasteiger partial charge in [0.15, 0.2) is 5.82 Å². The molecule has 3 rings (SSSR count). The Balaban J connectivity index is 1.78. The van der Waals surface area contributed by atoms with E-state index in [1.165, 1.54) is 23.1 Å². The standard InChI is InChI=1S/C22H26ClFN6O2/c1-11(25)17(26)6-7-32-19-8-14(24)4-5-15(19)22(31)30-9-16(18(27)10-30)21-28-12(2)20(23)13(3)29-21/h4-5,8,17,25H,6-7,9-10,26-27H2,1-3H3. The van der Waals surface area contributed by atoms with E-state index >= 15 is 0 Å². The fourth-order valence-electron chi connectivity index (χ4n) is 3.32. The second kappa shape index (κ2) is 9.62. The van der Waals surface area contributed by atoms with Crippen molar-refractivity contribution in [1.29, 1.82) is 5.41 Å². The number of rotatable bonds is 7. The lowest BCUT2D eigenvalue weighted by Gasteiger charge is -2.19. The lowest BCUT2D eigenvalue weighted by atomic mass is 10.1. The van der Waals surface area contributed by atoms with Crippen LogP contribution in [-0.2, 0) is 0 Å². The van der Waals surface area contributed by atoms with Crippen molar-refractivity contribution in [3.8, 4) is 5.75 Å². The van der Waals surface area contributed by atoms with Crippen LogP contribution in [0.2, 0.25) is 5.02 Å². The third kappa shape index (κ3) is 5.05. The molecule has 0 saturated heterocycles. The Kier molecular flexibility index (Phi) is 7.10. The highest BCUT2D eigenvalue weighted by molar-refractivity contribution is 6.31. The smallest absolute Gasteiger partial charge is 0.258 e. The lowest BCUT2D eigenvalue weighted by molar-refractivity contribution is 0.0794. The summed E-state index contributed by atoms with van der Waals surface area (Å²) >= 11 is 6.16. The minimum Gasteiger partial charge on any atom is -0.493 e. The molecule has 0 aliphatic carbocycles. The van der Waals surface area contributed by atoms with Crippen LogP contribution in [0.3, 0.4) is 0 Å². The van der Waals surface area contributed by atoms with Gasteiger partial charge in [-0.15, -0.1) is 0 Å². The maximum atomic E-state index is 13.8. The predicted molar refractivity (Wildman–Crippen MR) is 121 cm³/mol. The summed E-state index contributed by atoms with van der Waals surface area (Å²) in [5.41, 5.74) is 15.0. The first kappa shape index (κ1) is 23.6. The van der Waals surface area contributed by atoms with Gasteiger partial charge in [-0.05, 0) is 32.9 Å². The van der Waals surface area contributed by atoms with Crippen LogP contribution in [0.1, 0.15) is 40.9 Å². The molecule has 2 aromatic rings. The van der Waals surface area contributed by atoms with E-state index < -0.39 is 11.9 Å². The number of nitrogens with two attached hydrogens (primary N) is 2. The summed E-state index contributed by atoms with van der Waals surface area (Å²) in [4.78, 5) is 23.6. The summed E-state index contributed by atoms with van der Waals surface area (Å²) in [6.07, 6.45) is 0.369. The van der Waals surface area contributed by atoms with Gasteiger partial charge >= 0.3 is 0 Å². The van der Waals surface area contributed by atoms with Crippen LogP contribution >= 0.6 is 11.6 Å². The van der Waals surface area contributed by atoms with Crippen LogP contribution in [0.4, 0.5) is 4.39 Å². The Bertz CT molecular complexity index is 1080. The van der Waals surface area contributed by atoms with E-state index in [0.717, 1.165) is 0 Å². The highest BCUT2D eigenvalue weighted by Crippen LogP contribution is 2.28. The first-order valence-electron chi connectivity index (χ1n) is 10.1. The number of carbonyl (C=O) groups is 1. The van der Waals surface area contributed by atoms with Crippen LogP contribution in [-0.4, -0.2) is 52.2 Å². The molecule has 1 aliphatic heterocycles. The van der Waals surface area contributed by atoms with Crippen LogP contribution in [0, 0.1) is 25.1 Å². The first-order valence-corrected chi connectivity index (χ1v) is 10.5. The summed E-state index contributed by atoms with van der Waals surface area (Å²) in [6, 6.07) is 3.30. The number of aromatic nitrogens is 2. The number of aryl methyl sites for hydroxylation is 2. The van der Waals surface area contributed by atoms with E-state index in [-0.39, 0.29) is 36.9 Å². The Hall–Kier alpha value is -3.04. The van der Waals surface area contributed by atoms with Crippen molar-refractivity contribution < 1.29 is 13.9 Å². The quantitative estimate of drug-likeness (QED) is 0.544. The molecular formula is C22H26ClFN6O2. The number of hydrogen-bond donors (Lipinski definition) is 3. The molecule has 1 aliphatic rings. The molecule has 0 saturated carbocycles. The highest BCUT2D eigenvalue weighted by Gasteiger charge is 2.29. The number of carbonyl (C=O) groups excluding carboxylic acids is 1. The van der Waals surface area contributed by atoms with Crippen molar-refractivity contribution in [2.75, 3.05) is 19.7 Å². The van der Waals surface area contributed by atoms with Crippen LogP contribution in [0.15, 0.2) is 23.9 Å². The van der Waals surface area contributed by atoms with E-state index in [9.17, 15) is 9.18 Å². The fourth-order valence-corrected chi connectivity index (χ4v) is 3.40. The average Bonchev–Trinajstić information content (AvgIpc) is 3.12. The zero-order valence-corrected chi connectivity index (χ0v) is 19.0. The largest absolute Gasteiger partial charge is 0.493 e. The molecule has 0 bridgehead atoms. The van der Waals surface area contributed by atoms with Gasteiger partial charge in [-0.2, -0.15) is 0 Å². The van der Waals surface area contributed by atoms with E-state index in [4.69, 9.17) is 33.2 Å². The lowest BCUT2D eigenvalue weighted by Crippen LogP contribution is -2.31. The number of ether oxygens (including phenoxy) is 1. The van der Waals surface area contributed by atoms with Crippen LogP contribution < -0.4 is 16.2 Å². The highest BCUT2D eigenvalue weighted by atomic mass is 35.5. The van der Waals surface area contributed by atoms with E-state index in [1.807, 2.05) is 0 Å². The molecule has 32 heavy (non-hydrogen) atoms. The van der Waals surface area contributed by atoms with Crippen LogP contribution in [0.25, 0.3) is 5.57 Å². The molecule has 0 radical (unpaired) electrons. The topological polar surface area (TPSA) is 131 Å². The van der Waals surface area contributed by atoms with E-state index in [1.54, 1.807) is 20.8 Å². The number of benzene rings is 1. The van der Waals surface area contributed by atoms with Gasteiger partial charge in [0.05, 0.1) is 41.7 Å².